The third-order valence-corrected chi connectivity index (χ3v) is 6.78. The Bertz CT molecular complexity index is 1330. The molecule has 0 spiro atoms. The minimum atomic E-state index is -1.12. The van der Waals surface area contributed by atoms with Crippen molar-refractivity contribution in [1.82, 2.24) is 25.5 Å². The average molecular weight is 582 g/mol. The zero-order chi connectivity index (χ0) is 30.6. The van der Waals surface area contributed by atoms with Crippen LogP contribution in [-0.2, 0) is 19.4 Å². The zero-order valence-electron chi connectivity index (χ0n) is 24.8. The van der Waals surface area contributed by atoms with Crippen LogP contribution in [0.3, 0.4) is 0 Å². The van der Waals surface area contributed by atoms with E-state index in [2.05, 4.69) is 20.6 Å². The molecule has 0 aliphatic carbocycles. The van der Waals surface area contributed by atoms with Crippen molar-refractivity contribution in [3.05, 3.63) is 94.1 Å². The predicted molar refractivity (Wildman–Crippen MR) is 158 cm³/mol. The molecule has 3 N–H and O–H groups in total. The van der Waals surface area contributed by atoms with E-state index in [1.165, 1.54) is 12.1 Å². The van der Waals surface area contributed by atoms with Gasteiger partial charge >= 0.3 is 0 Å². The van der Waals surface area contributed by atoms with Gasteiger partial charge in [-0.05, 0) is 80.1 Å². The van der Waals surface area contributed by atoms with Gasteiger partial charge in [-0.3, -0.25) is 9.59 Å². The fourth-order valence-corrected chi connectivity index (χ4v) is 4.79. The van der Waals surface area contributed by atoms with Crippen molar-refractivity contribution in [2.24, 2.45) is 0 Å². The maximum absolute atomic E-state index is 13.9. The third-order valence-electron chi connectivity index (χ3n) is 6.78. The number of carbonyl (C=O) groups is 2. The monoisotopic (exact) mass is 581 g/mol. The number of aliphatic hydroxyl groups is 1. The van der Waals surface area contributed by atoms with Crippen LogP contribution in [0.2, 0.25) is 0 Å². The Labute approximate surface area is 246 Å². The van der Waals surface area contributed by atoms with Gasteiger partial charge in [-0.25, -0.2) is 18.7 Å². The van der Waals surface area contributed by atoms with Crippen LogP contribution < -0.4 is 10.6 Å². The normalized spacial score (nSPS) is 12.5. The van der Waals surface area contributed by atoms with Gasteiger partial charge in [-0.1, -0.05) is 20.8 Å². The first-order valence-electron chi connectivity index (χ1n) is 14.5. The molecule has 2 atom stereocenters. The standard InChI is InChI=1S/C32H41F2N5O3/c1-5-10-39(11-6-2)32(42)24-13-21(4)12-23(17-24)31(41)38-28(16-22-14-25(33)18-26(34)15-22)29(40)19-35-20-30-36-9-8-27(7-3)37-30/h8-9,12-15,17-18,28-29,35,40H,5-7,10-11,16,19-20H2,1-4H3,(H,38,41)/t28-,29+/m0/s1. The van der Waals surface area contributed by atoms with Crippen molar-refractivity contribution < 1.29 is 23.5 Å². The minimum absolute atomic E-state index is 0.0243. The number of nitrogens with zero attached hydrogens (tertiary/aromatic N) is 3. The number of aryl methyl sites for hydroxylation is 2. The van der Waals surface area contributed by atoms with Crippen molar-refractivity contribution in [3.63, 3.8) is 0 Å². The van der Waals surface area contributed by atoms with Gasteiger partial charge < -0.3 is 20.6 Å². The average Bonchev–Trinajstić information content (AvgIpc) is 2.95. The van der Waals surface area contributed by atoms with E-state index in [0.717, 1.165) is 36.6 Å². The molecule has 0 aliphatic heterocycles. The first-order valence-corrected chi connectivity index (χ1v) is 14.5. The van der Waals surface area contributed by atoms with E-state index in [1.54, 1.807) is 36.2 Å². The SMILES string of the molecule is CCCN(CCC)C(=O)c1cc(C)cc(C(=O)N[C@@H](Cc2cc(F)cc(F)c2)[C@H](O)CNCc2nccc(CC)n2)c1. The molecule has 0 bridgehead atoms. The van der Waals surface area contributed by atoms with Gasteiger partial charge in [0.15, 0.2) is 0 Å². The molecular formula is C32H41F2N5O3. The smallest absolute Gasteiger partial charge is 0.253 e. The van der Waals surface area contributed by atoms with Crippen LogP contribution in [0.1, 0.15) is 77.0 Å². The van der Waals surface area contributed by atoms with Crippen LogP contribution in [-0.4, -0.2) is 63.6 Å². The van der Waals surface area contributed by atoms with Gasteiger partial charge in [0, 0.05) is 48.7 Å². The number of hydrogen-bond acceptors (Lipinski definition) is 6. The lowest BCUT2D eigenvalue weighted by Crippen LogP contribution is -2.48. The van der Waals surface area contributed by atoms with Crippen LogP contribution >= 0.6 is 0 Å². The Morgan fingerprint density at radius 2 is 1.64 bits per heavy atom. The fourth-order valence-electron chi connectivity index (χ4n) is 4.79. The Kier molecular flexibility index (Phi) is 12.5. The Hall–Kier alpha value is -3.76. The fraction of sp³-hybridized carbons (Fsp3) is 0.438. The number of halogens is 2. The molecule has 0 radical (unpaired) electrons. The molecule has 42 heavy (non-hydrogen) atoms. The summed E-state index contributed by atoms with van der Waals surface area (Å²) in [6.07, 6.45) is 2.92. The molecule has 8 nitrogen and oxygen atoms in total. The second-order valence-corrected chi connectivity index (χ2v) is 10.5. The lowest BCUT2D eigenvalue weighted by Gasteiger charge is -2.25. The molecule has 0 aliphatic rings. The highest BCUT2D eigenvalue weighted by atomic mass is 19.1. The van der Waals surface area contributed by atoms with Gasteiger partial charge in [0.25, 0.3) is 11.8 Å². The van der Waals surface area contributed by atoms with Crippen molar-refractivity contribution in [2.45, 2.75) is 72.1 Å². The summed E-state index contributed by atoms with van der Waals surface area (Å²) in [4.78, 5) is 37.1. The second-order valence-electron chi connectivity index (χ2n) is 10.5. The Morgan fingerprint density at radius 1 is 0.976 bits per heavy atom. The molecule has 0 fully saturated rings. The quantitative estimate of drug-likeness (QED) is 0.246. The summed E-state index contributed by atoms with van der Waals surface area (Å²) >= 11 is 0. The molecule has 1 aromatic heterocycles. The number of hydrogen-bond donors (Lipinski definition) is 3. The molecule has 226 valence electrons. The number of aliphatic hydroxyl groups excluding tert-OH is 1. The van der Waals surface area contributed by atoms with Crippen LogP contribution in [0.25, 0.3) is 0 Å². The van der Waals surface area contributed by atoms with Crippen LogP contribution in [0, 0.1) is 18.6 Å². The Morgan fingerprint density at radius 3 is 2.29 bits per heavy atom. The molecule has 0 saturated heterocycles. The molecule has 10 heteroatoms. The maximum Gasteiger partial charge on any atom is 0.253 e. The highest BCUT2D eigenvalue weighted by Gasteiger charge is 2.24. The molecular weight excluding hydrogens is 540 g/mol. The highest BCUT2D eigenvalue weighted by Crippen LogP contribution is 2.16. The van der Waals surface area contributed by atoms with Crippen molar-refractivity contribution in [3.8, 4) is 0 Å². The van der Waals surface area contributed by atoms with E-state index in [4.69, 9.17) is 0 Å². The first-order chi connectivity index (χ1) is 20.1. The number of carbonyl (C=O) groups excluding carboxylic acids is 2. The number of benzene rings is 2. The predicted octanol–water partition coefficient (Wildman–Crippen LogP) is 4.38. The van der Waals surface area contributed by atoms with Gasteiger partial charge in [-0.2, -0.15) is 0 Å². The van der Waals surface area contributed by atoms with E-state index < -0.39 is 29.7 Å². The van der Waals surface area contributed by atoms with E-state index >= 15 is 0 Å². The molecule has 3 rings (SSSR count). The van der Waals surface area contributed by atoms with E-state index in [9.17, 15) is 23.5 Å². The maximum atomic E-state index is 13.9. The number of nitrogens with one attached hydrogen (secondary N) is 2. The summed E-state index contributed by atoms with van der Waals surface area (Å²) in [6.45, 7) is 9.38. The molecule has 1 heterocycles. The Balaban J connectivity index is 1.80. The van der Waals surface area contributed by atoms with Gasteiger partial charge in [0.2, 0.25) is 0 Å². The largest absolute Gasteiger partial charge is 0.390 e. The zero-order valence-corrected chi connectivity index (χ0v) is 24.8. The second kappa shape index (κ2) is 16.0. The van der Waals surface area contributed by atoms with Gasteiger partial charge in [0.1, 0.15) is 17.5 Å². The van der Waals surface area contributed by atoms with Gasteiger partial charge in [0.05, 0.1) is 18.7 Å². The first kappa shape index (κ1) is 32.8. The number of rotatable bonds is 15. The molecule has 0 saturated carbocycles. The van der Waals surface area contributed by atoms with Crippen molar-refractivity contribution >= 4 is 11.8 Å². The van der Waals surface area contributed by atoms with Crippen molar-refractivity contribution in [1.29, 1.82) is 0 Å². The lowest BCUT2D eigenvalue weighted by molar-refractivity contribution is 0.0755. The van der Waals surface area contributed by atoms with Crippen LogP contribution in [0.15, 0.2) is 48.7 Å². The third kappa shape index (κ3) is 9.66. The summed E-state index contributed by atoms with van der Waals surface area (Å²) in [5.74, 6) is -1.60. The molecule has 3 aromatic rings. The summed E-state index contributed by atoms with van der Waals surface area (Å²) in [6, 6.07) is 9.01. The van der Waals surface area contributed by atoms with Crippen LogP contribution in [0.4, 0.5) is 8.78 Å². The molecule has 2 amide bonds. The van der Waals surface area contributed by atoms with E-state index in [1.807, 2.05) is 26.8 Å². The highest BCUT2D eigenvalue weighted by molar-refractivity contribution is 6.00. The van der Waals surface area contributed by atoms with Crippen LogP contribution in [0.5, 0.6) is 0 Å². The van der Waals surface area contributed by atoms with E-state index in [-0.39, 0.29) is 36.5 Å². The number of aromatic nitrogens is 2. The summed E-state index contributed by atoms with van der Waals surface area (Å²) in [7, 11) is 0. The summed E-state index contributed by atoms with van der Waals surface area (Å²) < 4.78 is 27.9. The number of amides is 2. The lowest BCUT2D eigenvalue weighted by atomic mass is 9.99. The van der Waals surface area contributed by atoms with Crippen molar-refractivity contribution in [2.75, 3.05) is 19.6 Å². The van der Waals surface area contributed by atoms with E-state index in [0.29, 0.717) is 24.5 Å². The topological polar surface area (TPSA) is 107 Å². The summed E-state index contributed by atoms with van der Waals surface area (Å²) in [5.41, 5.74) is 2.57. The molecule has 2 aromatic carbocycles. The summed E-state index contributed by atoms with van der Waals surface area (Å²) in [5, 5.41) is 17.0. The molecule has 0 unspecified atom stereocenters. The minimum Gasteiger partial charge on any atom is -0.390 e. The van der Waals surface area contributed by atoms with Gasteiger partial charge in [-0.15, -0.1) is 0 Å².